The quantitative estimate of drug-likeness (QED) is 0.0261. The van der Waals surface area contributed by atoms with E-state index in [4.69, 9.17) is 14.2 Å². The zero-order chi connectivity index (χ0) is 55.0. The van der Waals surface area contributed by atoms with Crippen molar-refractivity contribution in [2.75, 3.05) is 13.2 Å². The lowest BCUT2D eigenvalue weighted by molar-refractivity contribution is -0.167. The fourth-order valence-electron chi connectivity index (χ4n) is 10.2. The fraction of sp³-hybridized carbons (Fsp3) is 0.871. The summed E-state index contributed by atoms with van der Waals surface area (Å²) in [6, 6.07) is 0. The van der Waals surface area contributed by atoms with Gasteiger partial charge in [-0.15, -0.1) is 0 Å². The Morgan fingerprint density at radius 3 is 0.763 bits per heavy atom. The van der Waals surface area contributed by atoms with E-state index in [0.29, 0.717) is 19.3 Å². The molecule has 76 heavy (non-hydrogen) atoms. The molecule has 0 aliphatic heterocycles. The molecule has 0 spiro atoms. The van der Waals surface area contributed by atoms with Crippen LogP contribution in [0.2, 0.25) is 0 Å². The van der Waals surface area contributed by atoms with Crippen LogP contribution < -0.4 is 0 Å². The number of unbranched alkanes of at least 4 members (excludes halogenated alkanes) is 46. The van der Waals surface area contributed by atoms with Gasteiger partial charge in [0.05, 0.1) is 0 Å². The molecule has 0 radical (unpaired) electrons. The van der Waals surface area contributed by atoms with Gasteiger partial charge in [0.25, 0.3) is 0 Å². The van der Waals surface area contributed by atoms with Crippen molar-refractivity contribution >= 4 is 17.9 Å². The van der Waals surface area contributed by atoms with Crippen LogP contribution in [0.3, 0.4) is 0 Å². The van der Waals surface area contributed by atoms with Crippen molar-refractivity contribution < 1.29 is 28.6 Å². The maximum Gasteiger partial charge on any atom is 0.306 e. The van der Waals surface area contributed by atoms with Gasteiger partial charge >= 0.3 is 17.9 Å². The second-order valence-electron chi connectivity index (χ2n) is 23.1. The van der Waals surface area contributed by atoms with Crippen molar-refractivity contribution in [2.45, 2.75) is 380 Å². The molecule has 0 heterocycles. The second-order valence-corrected chi connectivity index (χ2v) is 23.1. The molecule has 0 rings (SSSR count). The van der Waals surface area contributed by atoms with Crippen molar-refractivity contribution in [2.24, 2.45) is 0 Å². The molecule has 0 aromatic rings. The lowest BCUT2D eigenvalue weighted by Crippen LogP contribution is -2.30. The number of rotatable bonds is 63. The van der Waals surface area contributed by atoms with Crippen LogP contribution in [0, 0.1) is 0 Å². The van der Waals surface area contributed by atoms with E-state index in [1.807, 2.05) is 0 Å². The van der Waals surface area contributed by atoms with Gasteiger partial charge in [0.1, 0.15) is 13.2 Å². The first-order valence-corrected chi connectivity index (χ1v) is 34.0. The lowest BCUT2D eigenvalue weighted by Gasteiger charge is -2.18. The Bertz CT molecular complexity index is 1270. The molecule has 0 aromatic carbocycles. The van der Waals surface area contributed by atoms with Crippen LogP contribution >= 0.6 is 0 Å². The number of ether oxygens (including phenoxy) is 3. The minimum Gasteiger partial charge on any atom is -0.462 e. The maximum absolute atomic E-state index is 12.9. The first kappa shape index (κ1) is 73.6. The summed E-state index contributed by atoms with van der Waals surface area (Å²) in [7, 11) is 0. The van der Waals surface area contributed by atoms with E-state index >= 15 is 0 Å². The SMILES string of the molecule is CCCCC/C=C\C/C=C\CCCCCCCCCC(=O)OC(COC(=O)CCCCCCC/C=C\CCCCC)COC(=O)CCCCCCCCCCCCCCCCCCCCCCCCCCCCCCC. The summed E-state index contributed by atoms with van der Waals surface area (Å²) in [6.07, 6.45) is 80.4. The van der Waals surface area contributed by atoms with Gasteiger partial charge < -0.3 is 14.2 Å². The average molecular weight is 1070 g/mol. The third-order valence-corrected chi connectivity index (χ3v) is 15.4. The molecule has 0 N–H and O–H groups in total. The summed E-state index contributed by atoms with van der Waals surface area (Å²) in [5.74, 6) is -0.869. The molecule has 0 aliphatic carbocycles. The molecule has 1 atom stereocenters. The molecular weight excluding hydrogens is 937 g/mol. The number of carbonyl (C=O) groups is 3. The highest BCUT2D eigenvalue weighted by atomic mass is 16.6. The van der Waals surface area contributed by atoms with Crippen molar-refractivity contribution in [1.29, 1.82) is 0 Å². The van der Waals surface area contributed by atoms with Crippen LogP contribution in [0.1, 0.15) is 374 Å². The van der Waals surface area contributed by atoms with Crippen LogP contribution in [0.25, 0.3) is 0 Å². The smallest absolute Gasteiger partial charge is 0.306 e. The van der Waals surface area contributed by atoms with E-state index in [9.17, 15) is 14.4 Å². The van der Waals surface area contributed by atoms with E-state index in [1.54, 1.807) is 0 Å². The lowest BCUT2D eigenvalue weighted by atomic mass is 10.0. The van der Waals surface area contributed by atoms with Gasteiger partial charge in [-0.3, -0.25) is 14.4 Å². The molecule has 0 saturated carbocycles. The molecule has 0 aromatic heterocycles. The summed E-state index contributed by atoms with van der Waals surface area (Å²) in [5.41, 5.74) is 0. The van der Waals surface area contributed by atoms with Crippen LogP contribution in [0.5, 0.6) is 0 Å². The Morgan fingerprint density at radius 1 is 0.263 bits per heavy atom. The number of esters is 3. The molecule has 446 valence electrons. The molecule has 0 amide bonds. The van der Waals surface area contributed by atoms with Gasteiger partial charge in [-0.25, -0.2) is 0 Å². The Labute approximate surface area is 474 Å². The van der Waals surface area contributed by atoms with E-state index in [1.165, 1.54) is 257 Å². The van der Waals surface area contributed by atoms with Gasteiger partial charge in [-0.2, -0.15) is 0 Å². The van der Waals surface area contributed by atoms with Gasteiger partial charge in [-0.1, -0.05) is 314 Å². The summed E-state index contributed by atoms with van der Waals surface area (Å²) in [5, 5.41) is 0. The van der Waals surface area contributed by atoms with E-state index in [2.05, 4.69) is 57.2 Å². The summed E-state index contributed by atoms with van der Waals surface area (Å²) >= 11 is 0. The standard InChI is InChI=1S/C70H130O6/c1-4-7-10-13-16-19-22-25-27-29-30-31-32-33-34-35-36-37-38-39-40-42-43-45-48-51-54-57-60-63-69(72)75-66-67(65-74-68(71)62-59-56-53-50-47-24-21-18-15-12-9-6-3)76-70(73)64-61-58-55-52-49-46-44-41-28-26-23-20-17-14-11-8-5-2/h17-18,20-21,26,28,67H,4-16,19,22-25,27,29-66H2,1-3H3/b20-17-,21-18-,28-26-. The van der Waals surface area contributed by atoms with Crippen molar-refractivity contribution in [3.05, 3.63) is 36.5 Å². The molecule has 0 fully saturated rings. The molecule has 6 nitrogen and oxygen atoms in total. The normalized spacial score (nSPS) is 12.2. The number of hydrogen-bond donors (Lipinski definition) is 0. The predicted molar refractivity (Wildman–Crippen MR) is 330 cm³/mol. The van der Waals surface area contributed by atoms with Crippen LogP contribution in [-0.2, 0) is 28.6 Å². The van der Waals surface area contributed by atoms with E-state index in [-0.39, 0.29) is 31.1 Å². The Hall–Kier alpha value is -2.37. The number of carbonyl (C=O) groups excluding carboxylic acids is 3. The molecule has 0 bridgehead atoms. The zero-order valence-electron chi connectivity index (χ0n) is 51.3. The predicted octanol–water partition coefficient (Wildman–Crippen LogP) is 23.2. The first-order valence-electron chi connectivity index (χ1n) is 34.0. The summed E-state index contributed by atoms with van der Waals surface area (Å²) < 4.78 is 16.9. The van der Waals surface area contributed by atoms with Crippen LogP contribution in [-0.4, -0.2) is 37.2 Å². The number of hydrogen-bond acceptors (Lipinski definition) is 6. The molecule has 0 aliphatic rings. The second kappa shape index (κ2) is 65.2. The third kappa shape index (κ3) is 62.5. The van der Waals surface area contributed by atoms with Gasteiger partial charge in [0, 0.05) is 19.3 Å². The van der Waals surface area contributed by atoms with E-state index < -0.39 is 6.10 Å². The monoisotopic (exact) mass is 1070 g/mol. The van der Waals surface area contributed by atoms with Gasteiger partial charge in [-0.05, 0) is 77.0 Å². The molecule has 0 saturated heterocycles. The molecule has 1 unspecified atom stereocenters. The Morgan fingerprint density at radius 2 is 0.474 bits per heavy atom. The highest BCUT2D eigenvalue weighted by Gasteiger charge is 2.19. The van der Waals surface area contributed by atoms with Crippen molar-refractivity contribution in [3.63, 3.8) is 0 Å². The highest BCUT2D eigenvalue weighted by molar-refractivity contribution is 5.71. The first-order chi connectivity index (χ1) is 37.5. The van der Waals surface area contributed by atoms with Gasteiger partial charge in [0.2, 0.25) is 0 Å². The van der Waals surface area contributed by atoms with Crippen LogP contribution in [0.15, 0.2) is 36.5 Å². The van der Waals surface area contributed by atoms with Crippen LogP contribution in [0.4, 0.5) is 0 Å². The Kier molecular flexibility index (Phi) is 63.1. The largest absolute Gasteiger partial charge is 0.462 e. The fourth-order valence-corrected chi connectivity index (χ4v) is 10.2. The van der Waals surface area contributed by atoms with Crippen molar-refractivity contribution in [3.8, 4) is 0 Å². The van der Waals surface area contributed by atoms with Gasteiger partial charge in [0.15, 0.2) is 6.10 Å². The number of allylic oxidation sites excluding steroid dienone is 6. The maximum atomic E-state index is 12.9. The topological polar surface area (TPSA) is 78.9 Å². The average Bonchev–Trinajstić information content (AvgIpc) is 3.42. The summed E-state index contributed by atoms with van der Waals surface area (Å²) in [4.78, 5) is 38.3. The molecular formula is C70H130O6. The molecule has 6 heteroatoms. The zero-order valence-corrected chi connectivity index (χ0v) is 51.3. The highest BCUT2D eigenvalue weighted by Crippen LogP contribution is 2.18. The minimum absolute atomic E-state index is 0.0740. The minimum atomic E-state index is -0.778. The van der Waals surface area contributed by atoms with E-state index in [0.717, 1.165) is 77.0 Å². The Balaban J connectivity index is 4.15. The third-order valence-electron chi connectivity index (χ3n) is 15.4. The summed E-state index contributed by atoms with van der Waals surface area (Å²) in [6.45, 7) is 6.64. The van der Waals surface area contributed by atoms with Crippen molar-refractivity contribution in [1.82, 2.24) is 0 Å².